The fourth-order valence-electron chi connectivity index (χ4n) is 1.82. The average Bonchev–Trinajstić information content (AvgIpc) is 2.47. The summed E-state index contributed by atoms with van der Waals surface area (Å²) in [7, 11) is 0. The van der Waals surface area contributed by atoms with Gasteiger partial charge in [-0.05, 0) is 24.3 Å². The third-order valence-corrected chi connectivity index (χ3v) is 2.96. The second-order valence-corrected chi connectivity index (χ2v) is 4.68. The van der Waals surface area contributed by atoms with Crippen LogP contribution in [0.15, 0.2) is 36.4 Å². The lowest BCUT2D eigenvalue weighted by Crippen LogP contribution is -2.12. The Bertz CT molecular complexity index is 815. The molecule has 0 aliphatic heterocycles. The topological polar surface area (TPSA) is 52.4 Å². The van der Waals surface area contributed by atoms with E-state index in [2.05, 4.69) is 4.74 Å². The molecule has 0 radical (unpaired) electrons. The summed E-state index contributed by atoms with van der Waals surface area (Å²) in [4.78, 5) is 9.54. The molecule has 0 aromatic heterocycles. The van der Waals surface area contributed by atoms with Crippen molar-refractivity contribution in [3.05, 3.63) is 63.5 Å². The van der Waals surface area contributed by atoms with E-state index in [-0.39, 0.29) is 6.07 Å². The maximum Gasteiger partial charge on any atom is 0.420 e. The number of hydrogen-bond acceptors (Lipinski definition) is 3. The van der Waals surface area contributed by atoms with Gasteiger partial charge in [0.2, 0.25) is 0 Å². The molecule has 0 unspecified atom stereocenters. The molecule has 0 heterocycles. The van der Waals surface area contributed by atoms with Crippen LogP contribution in [0.4, 0.5) is 36.4 Å². The number of nitrogens with zero attached hydrogens (tertiary/aromatic N) is 1. The van der Waals surface area contributed by atoms with Gasteiger partial charge >= 0.3 is 12.4 Å². The zero-order valence-electron chi connectivity index (χ0n) is 11.8. The summed E-state index contributed by atoms with van der Waals surface area (Å²) in [5.41, 5.74) is -4.00. The first-order valence-corrected chi connectivity index (χ1v) is 6.30. The minimum absolute atomic E-state index is 0.168. The van der Waals surface area contributed by atoms with E-state index in [0.717, 1.165) is 6.07 Å². The van der Waals surface area contributed by atoms with Crippen LogP contribution in [-0.2, 0) is 12.4 Å². The fraction of sp³-hybridized carbons (Fsp3) is 0.143. The van der Waals surface area contributed by atoms with Crippen LogP contribution in [0.3, 0.4) is 0 Å². The number of ether oxygens (including phenoxy) is 1. The molecule has 2 aromatic rings. The minimum Gasteiger partial charge on any atom is -0.454 e. The van der Waals surface area contributed by atoms with Crippen molar-refractivity contribution in [3.63, 3.8) is 0 Å². The van der Waals surface area contributed by atoms with E-state index in [9.17, 15) is 40.8 Å². The molecule has 0 saturated carbocycles. The first-order valence-electron chi connectivity index (χ1n) is 6.30. The van der Waals surface area contributed by atoms with E-state index >= 15 is 0 Å². The number of non-ortho nitro benzene ring substituents is 1. The number of benzene rings is 2. The molecule has 0 atom stereocenters. The van der Waals surface area contributed by atoms with Crippen LogP contribution in [0.2, 0.25) is 0 Å². The van der Waals surface area contributed by atoms with Crippen LogP contribution in [0, 0.1) is 15.9 Å². The zero-order chi connectivity index (χ0) is 19.0. The van der Waals surface area contributed by atoms with Gasteiger partial charge in [0.05, 0.1) is 22.1 Å². The SMILES string of the molecule is O=[N+]([O-])c1ccc(Oc2ccc(C(F)(F)F)cc2C(F)(F)F)c(F)c1. The van der Waals surface area contributed by atoms with Gasteiger partial charge < -0.3 is 4.74 Å². The van der Waals surface area contributed by atoms with Gasteiger partial charge in [0.1, 0.15) is 5.75 Å². The molecule has 0 aliphatic carbocycles. The average molecular weight is 369 g/mol. The van der Waals surface area contributed by atoms with Crippen molar-refractivity contribution in [1.82, 2.24) is 0 Å². The molecule has 4 nitrogen and oxygen atoms in total. The number of rotatable bonds is 3. The number of nitro benzene ring substituents is 1. The predicted octanol–water partition coefficient (Wildman–Crippen LogP) is 5.56. The van der Waals surface area contributed by atoms with Gasteiger partial charge in [-0.3, -0.25) is 10.1 Å². The zero-order valence-corrected chi connectivity index (χ0v) is 11.8. The molecule has 0 spiro atoms. The molecule has 0 aliphatic rings. The first kappa shape index (κ1) is 18.5. The molecule has 0 N–H and O–H groups in total. The lowest BCUT2D eigenvalue weighted by atomic mass is 10.1. The summed E-state index contributed by atoms with van der Waals surface area (Å²) in [5.74, 6) is -3.23. The molecule has 2 rings (SSSR count). The van der Waals surface area contributed by atoms with E-state index in [1.54, 1.807) is 0 Å². The standard InChI is InChI=1S/C14H6F7NO3/c15-10-6-8(22(23)24)2-4-12(10)25-11-3-1-7(13(16,17)18)5-9(11)14(19,20)21/h1-6H. The maximum absolute atomic E-state index is 13.7. The largest absolute Gasteiger partial charge is 0.454 e. The van der Waals surface area contributed by atoms with Crippen molar-refractivity contribution in [2.75, 3.05) is 0 Å². The molecule has 2 aromatic carbocycles. The molecule has 25 heavy (non-hydrogen) atoms. The van der Waals surface area contributed by atoms with Gasteiger partial charge in [-0.1, -0.05) is 0 Å². The van der Waals surface area contributed by atoms with Crippen LogP contribution < -0.4 is 4.74 Å². The monoisotopic (exact) mass is 369 g/mol. The summed E-state index contributed by atoms with van der Waals surface area (Å²) in [6, 6.07) is 2.45. The predicted molar refractivity (Wildman–Crippen MR) is 69.6 cm³/mol. The summed E-state index contributed by atoms with van der Waals surface area (Å²) >= 11 is 0. The highest BCUT2D eigenvalue weighted by Gasteiger charge is 2.39. The van der Waals surface area contributed by atoms with E-state index in [0.29, 0.717) is 24.3 Å². The van der Waals surface area contributed by atoms with Crippen LogP contribution in [0.5, 0.6) is 11.5 Å². The van der Waals surface area contributed by atoms with Crippen LogP contribution in [0.25, 0.3) is 0 Å². The Kier molecular flexibility index (Phi) is 4.60. The van der Waals surface area contributed by atoms with Gasteiger partial charge in [-0.25, -0.2) is 4.39 Å². The number of halogens is 7. The van der Waals surface area contributed by atoms with Gasteiger partial charge in [-0.2, -0.15) is 26.3 Å². The Morgan fingerprint density at radius 3 is 1.96 bits per heavy atom. The lowest BCUT2D eigenvalue weighted by molar-refractivity contribution is -0.385. The van der Waals surface area contributed by atoms with Crippen molar-refractivity contribution in [2.45, 2.75) is 12.4 Å². The number of nitro groups is 1. The second-order valence-electron chi connectivity index (χ2n) is 4.68. The van der Waals surface area contributed by atoms with Crippen LogP contribution in [0.1, 0.15) is 11.1 Å². The molecule has 0 fully saturated rings. The van der Waals surface area contributed by atoms with Gasteiger partial charge in [0, 0.05) is 6.07 Å². The van der Waals surface area contributed by atoms with Crippen molar-refractivity contribution in [2.24, 2.45) is 0 Å². The molecule has 134 valence electrons. The second kappa shape index (κ2) is 6.22. The normalized spacial score (nSPS) is 12.1. The van der Waals surface area contributed by atoms with Crippen LogP contribution in [-0.4, -0.2) is 4.92 Å². The summed E-state index contributed by atoms with van der Waals surface area (Å²) in [6.45, 7) is 0. The Balaban J connectivity index is 2.48. The van der Waals surface area contributed by atoms with Gasteiger partial charge in [-0.15, -0.1) is 0 Å². The van der Waals surface area contributed by atoms with E-state index in [4.69, 9.17) is 0 Å². The summed E-state index contributed by atoms with van der Waals surface area (Å²) in [6.07, 6.45) is -10.2. The highest BCUT2D eigenvalue weighted by molar-refractivity contribution is 5.45. The van der Waals surface area contributed by atoms with E-state index in [1.807, 2.05) is 0 Å². The third kappa shape index (κ3) is 4.17. The molecule has 0 amide bonds. The van der Waals surface area contributed by atoms with Crippen LogP contribution >= 0.6 is 0 Å². The molecule has 11 heteroatoms. The minimum atomic E-state index is -5.20. The Hall–Kier alpha value is -2.85. The maximum atomic E-state index is 13.7. The van der Waals surface area contributed by atoms with Crippen molar-refractivity contribution in [1.29, 1.82) is 0 Å². The Labute approximate surface area is 134 Å². The lowest BCUT2D eigenvalue weighted by Gasteiger charge is -2.16. The van der Waals surface area contributed by atoms with Crippen molar-refractivity contribution >= 4 is 5.69 Å². The quantitative estimate of drug-likeness (QED) is 0.404. The van der Waals surface area contributed by atoms with E-state index < -0.39 is 51.4 Å². The Morgan fingerprint density at radius 2 is 1.48 bits per heavy atom. The molecular formula is C14H6F7NO3. The van der Waals surface area contributed by atoms with Gasteiger partial charge in [0.15, 0.2) is 11.6 Å². The van der Waals surface area contributed by atoms with Crippen molar-refractivity contribution in [3.8, 4) is 11.5 Å². The molecular weight excluding hydrogens is 363 g/mol. The number of hydrogen-bond donors (Lipinski definition) is 0. The first-order chi connectivity index (χ1) is 11.4. The third-order valence-electron chi connectivity index (χ3n) is 2.96. The van der Waals surface area contributed by atoms with Gasteiger partial charge in [0.25, 0.3) is 5.69 Å². The smallest absolute Gasteiger partial charge is 0.420 e. The highest BCUT2D eigenvalue weighted by Crippen LogP contribution is 2.42. The molecule has 0 saturated heterocycles. The summed E-state index contributed by atoms with van der Waals surface area (Å²) in [5, 5.41) is 10.5. The summed E-state index contributed by atoms with van der Waals surface area (Å²) < 4.78 is 95.0. The molecule has 0 bridgehead atoms. The fourth-order valence-corrected chi connectivity index (χ4v) is 1.82. The highest BCUT2D eigenvalue weighted by atomic mass is 19.4. The number of alkyl halides is 6. The Morgan fingerprint density at radius 1 is 0.880 bits per heavy atom. The van der Waals surface area contributed by atoms with E-state index in [1.165, 1.54) is 0 Å². The van der Waals surface area contributed by atoms with Crippen molar-refractivity contribution < 1.29 is 40.4 Å².